The Labute approximate surface area is 172 Å². The van der Waals surface area contributed by atoms with E-state index in [4.69, 9.17) is 9.47 Å². The Balaban J connectivity index is 1.79. The third-order valence-electron chi connectivity index (χ3n) is 4.96. The SMILES string of the molecule is CN(C)CCN1C(=O)C(=O)/C(=C(\O)c2ccc3c(c2)OCCO3)C1c1cccs1. The summed E-state index contributed by atoms with van der Waals surface area (Å²) in [6.45, 7) is 1.88. The topological polar surface area (TPSA) is 79.3 Å². The molecule has 0 bridgehead atoms. The average Bonchev–Trinajstić information content (AvgIpc) is 3.33. The first kappa shape index (κ1) is 19.5. The molecule has 1 aromatic heterocycles. The number of hydrogen-bond donors (Lipinski definition) is 1. The second-order valence-electron chi connectivity index (χ2n) is 7.17. The number of Topliss-reactive ketones (excluding diaryl/α,β-unsaturated/α-hetero) is 1. The summed E-state index contributed by atoms with van der Waals surface area (Å²) < 4.78 is 11.1. The number of likely N-dealkylation sites (tertiary alicyclic amines) is 1. The molecule has 0 aliphatic carbocycles. The van der Waals surface area contributed by atoms with Gasteiger partial charge in [-0.15, -0.1) is 11.3 Å². The van der Waals surface area contributed by atoms with Crippen molar-refractivity contribution < 1.29 is 24.2 Å². The van der Waals surface area contributed by atoms with Gasteiger partial charge in [-0.1, -0.05) is 6.07 Å². The number of ether oxygens (including phenoxy) is 2. The number of hydrogen-bond acceptors (Lipinski definition) is 7. The minimum Gasteiger partial charge on any atom is -0.507 e. The minimum absolute atomic E-state index is 0.105. The Bertz CT molecular complexity index is 967. The van der Waals surface area contributed by atoms with Crippen LogP contribution in [0.3, 0.4) is 0 Å². The molecule has 8 heteroatoms. The van der Waals surface area contributed by atoms with Crippen LogP contribution >= 0.6 is 11.3 Å². The quantitative estimate of drug-likeness (QED) is 0.460. The normalized spacial score (nSPS) is 20.5. The summed E-state index contributed by atoms with van der Waals surface area (Å²) in [7, 11) is 3.82. The van der Waals surface area contributed by atoms with E-state index >= 15 is 0 Å². The number of rotatable bonds is 5. The van der Waals surface area contributed by atoms with E-state index in [-0.39, 0.29) is 11.3 Å². The number of aliphatic hydroxyl groups is 1. The third kappa shape index (κ3) is 3.61. The summed E-state index contributed by atoms with van der Waals surface area (Å²) in [5.74, 6) is -0.367. The number of thiophene rings is 1. The Morgan fingerprint density at radius 3 is 2.66 bits per heavy atom. The summed E-state index contributed by atoms with van der Waals surface area (Å²) in [5.41, 5.74) is 0.522. The van der Waals surface area contributed by atoms with Crippen molar-refractivity contribution in [1.82, 2.24) is 9.80 Å². The van der Waals surface area contributed by atoms with Gasteiger partial charge >= 0.3 is 0 Å². The van der Waals surface area contributed by atoms with Crippen LogP contribution in [-0.4, -0.2) is 67.0 Å². The van der Waals surface area contributed by atoms with Gasteiger partial charge < -0.3 is 24.4 Å². The molecule has 0 saturated carbocycles. The molecule has 2 aliphatic rings. The molecule has 1 saturated heterocycles. The maximum Gasteiger partial charge on any atom is 0.295 e. The van der Waals surface area contributed by atoms with Crippen LogP contribution in [0.1, 0.15) is 16.5 Å². The van der Waals surface area contributed by atoms with E-state index in [9.17, 15) is 14.7 Å². The van der Waals surface area contributed by atoms with E-state index in [0.717, 1.165) is 4.88 Å². The predicted molar refractivity (Wildman–Crippen MR) is 109 cm³/mol. The van der Waals surface area contributed by atoms with Crippen molar-refractivity contribution in [2.75, 3.05) is 40.4 Å². The van der Waals surface area contributed by atoms with E-state index < -0.39 is 17.7 Å². The van der Waals surface area contributed by atoms with Crippen LogP contribution in [0, 0.1) is 0 Å². The van der Waals surface area contributed by atoms with E-state index in [1.165, 1.54) is 16.2 Å². The lowest BCUT2D eigenvalue weighted by molar-refractivity contribution is -0.140. The van der Waals surface area contributed by atoms with Gasteiger partial charge in [-0.3, -0.25) is 9.59 Å². The molecule has 0 radical (unpaired) electrons. The molecule has 7 nitrogen and oxygen atoms in total. The molecule has 1 atom stereocenters. The third-order valence-corrected chi connectivity index (χ3v) is 5.88. The predicted octanol–water partition coefficient (Wildman–Crippen LogP) is 2.50. The molecule has 3 heterocycles. The van der Waals surface area contributed by atoms with Crippen LogP contribution in [0.25, 0.3) is 5.76 Å². The fourth-order valence-electron chi connectivity index (χ4n) is 3.51. The first-order valence-electron chi connectivity index (χ1n) is 9.34. The molecule has 2 aliphatic heterocycles. The Morgan fingerprint density at radius 1 is 1.21 bits per heavy atom. The summed E-state index contributed by atoms with van der Waals surface area (Å²) in [4.78, 5) is 30.0. The lowest BCUT2D eigenvalue weighted by atomic mass is 9.99. The van der Waals surface area contributed by atoms with Crippen molar-refractivity contribution in [1.29, 1.82) is 0 Å². The molecular formula is C21H22N2O5S. The van der Waals surface area contributed by atoms with Gasteiger partial charge in [0.05, 0.1) is 11.6 Å². The number of amides is 1. The van der Waals surface area contributed by atoms with Crippen LogP contribution in [0.5, 0.6) is 11.5 Å². The van der Waals surface area contributed by atoms with Crippen molar-refractivity contribution >= 4 is 28.8 Å². The molecule has 0 spiro atoms. The number of fused-ring (bicyclic) bond motifs is 1. The van der Waals surface area contributed by atoms with Crippen LogP contribution in [0.2, 0.25) is 0 Å². The molecule has 1 fully saturated rings. The summed E-state index contributed by atoms with van der Waals surface area (Å²) in [6, 6.07) is 8.15. The maximum atomic E-state index is 12.9. The number of carbonyl (C=O) groups is 2. The molecule has 4 rings (SSSR count). The van der Waals surface area contributed by atoms with Crippen molar-refractivity contribution in [2.24, 2.45) is 0 Å². The van der Waals surface area contributed by atoms with Crippen molar-refractivity contribution in [3.8, 4) is 11.5 Å². The molecule has 1 unspecified atom stereocenters. The van der Waals surface area contributed by atoms with Crippen LogP contribution < -0.4 is 9.47 Å². The van der Waals surface area contributed by atoms with Crippen molar-refractivity contribution in [3.05, 3.63) is 51.7 Å². The highest BCUT2D eigenvalue weighted by Gasteiger charge is 2.46. The zero-order valence-corrected chi connectivity index (χ0v) is 17.1. The highest BCUT2D eigenvalue weighted by molar-refractivity contribution is 7.10. The number of nitrogens with zero attached hydrogens (tertiary/aromatic N) is 2. The second-order valence-corrected chi connectivity index (χ2v) is 8.15. The van der Waals surface area contributed by atoms with Gasteiger partial charge in [0.2, 0.25) is 0 Å². The molecule has 1 aromatic carbocycles. The van der Waals surface area contributed by atoms with Crippen molar-refractivity contribution in [3.63, 3.8) is 0 Å². The number of carbonyl (C=O) groups excluding carboxylic acids is 2. The standard InChI is InChI=1S/C21H22N2O5S/c1-22(2)7-8-23-18(16-4-3-11-29-16)17(20(25)21(23)26)19(24)13-5-6-14-15(12-13)28-10-9-27-14/h3-6,11-12,18,24H,7-10H2,1-2H3/b19-17-. The molecule has 1 N–H and O–H groups in total. The van der Waals surface area contributed by atoms with E-state index in [1.54, 1.807) is 18.2 Å². The van der Waals surface area contributed by atoms with Crippen LogP contribution in [0.15, 0.2) is 41.3 Å². The monoisotopic (exact) mass is 414 g/mol. The number of likely N-dealkylation sites (N-methyl/N-ethyl adjacent to an activating group) is 1. The maximum absolute atomic E-state index is 12.9. The lowest BCUT2D eigenvalue weighted by Gasteiger charge is -2.25. The first-order chi connectivity index (χ1) is 14.0. The summed E-state index contributed by atoms with van der Waals surface area (Å²) >= 11 is 1.45. The summed E-state index contributed by atoms with van der Waals surface area (Å²) in [6.07, 6.45) is 0. The van der Waals surface area contributed by atoms with Crippen LogP contribution in [-0.2, 0) is 9.59 Å². The highest BCUT2D eigenvalue weighted by atomic mass is 32.1. The Kier molecular flexibility index (Phi) is 5.29. The van der Waals surface area contributed by atoms with E-state index in [1.807, 2.05) is 36.5 Å². The zero-order valence-electron chi connectivity index (χ0n) is 16.3. The number of ketones is 1. The summed E-state index contributed by atoms with van der Waals surface area (Å²) in [5, 5.41) is 12.9. The fourth-order valence-corrected chi connectivity index (χ4v) is 4.35. The van der Waals surface area contributed by atoms with Gasteiger partial charge in [0.15, 0.2) is 11.5 Å². The number of benzene rings is 1. The smallest absolute Gasteiger partial charge is 0.295 e. The van der Waals surface area contributed by atoms with Gasteiger partial charge in [-0.25, -0.2) is 0 Å². The Hall–Kier alpha value is -2.84. The van der Waals surface area contributed by atoms with Crippen molar-refractivity contribution in [2.45, 2.75) is 6.04 Å². The Morgan fingerprint density at radius 2 is 1.97 bits per heavy atom. The zero-order chi connectivity index (χ0) is 20.5. The first-order valence-corrected chi connectivity index (χ1v) is 10.2. The second kappa shape index (κ2) is 7.88. The molecule has 29 heavy (non-hydrogen) atoms. The number of aliphatic hydroxyl groups excluding tert-OH is 1. The highest BCUT2D eigenvalue weighted by Crippen LogP contribution is 2.42. The van der Waals surface area contributed by atoms with Gasteiger partial charge in [-0.05, 0) is 43.7 Å². The molecule has 2 aromatic rings. The van der Waals surface area contributed by atoms with Gasteiger partial charge in [0, 0.05) is 23.5 Å². The molecule has 1 amide bonds. The van der Waals surface area contributed by atoms with E-state index in [2.05, 4.69) is 0 Å². The lowest BCUT2D eigenvalue weighted by Crippen LogP contribution is -2.35. The van der Waals surface area contributed by atoms with E-state index in [0.29, 0.717) is 43.4 Å². The molecular weight excluding hydrogens is 392 g/mol. The average molecular weight is 414 g/mol. The molecule has 152 valence electrons. The van der Waals surface area contributed by atoms with Crippen LogP contribution in [0.4, 0.5) is 0 Å². The van der Waals surface area contributed by atoms with Gasteiger partial charge in [0.1, 0.15) is 19.0 Å². The minimum atomic E-state index is -0.672. The van der Waals surface area contributed by atoms with Gasteiger partial charge in [-0.2, -0.15) is 0 Å². The largest absolute Gasteiger partial charge is 0.507 e. The van der Waals surface area contributed by atoms with Gasteiger partial charge in [0.25, 0.3) is 11.7 Å². The fraction of sp³-hybridized carbons (Fsp3) is 0.333.